The van der Waals surface area contributed by atoms with E-state index in [1.807, 2.05) is 9.78 Å². The molecular weight excluding hydrogens is 332 g/mol. The van der Waals surface area contributed by atoms with Gasteiger partial charge in [0.15, 0.2) is 10.4 Å². The second-order valence-electron chi connectivity index (χ2n) is 3.82. The van der Waals surface area contributed by atoms with Crippen molar-refractivity contribution in [2.24, 2.45) is 0 Å². The second-order valence-corrected chi connectivity index (χ2v) is 5.44. The number of nitrogens with one attached hydrogen (secondary N) is 1. The molecule has 0 aliphatic rings. The molecule has 0 saturated carbocycles. The van der Waals surface area contributed by atoms with Gasteiger partial charge in [0.2, 0.25) is 4.96 Å². The van der Waals surface area contributed by atoms with Gasteiger partial charge >= 0.3 is 0 Å². The van der Waals surface area contributed by atoms with Crippen molar-refractivity contribution in [3.8, 4) is 0 Å². The number of halogens is 1. The standard InChI is InChI=1S/C11H9BrN4O2S/c12-9-2-1-8(18-9)10(17)13-4-3-7-5-19-11-15-14-6-16(7)11/h1-2,5-6H,3-4H2,(H,13,17). The molecule has 1 amide bonds. The van der Waals surface area contributed by atoms with Gasteiger partial charge in [0.05, 0.1) is 0 Å². The number of thiazole rings is 1. The molecule has 0 radical (unpaired) electrons. The number of fused-ring (bicyclic) bond motifs is 1. The minimum Gasteiger partial charge on any atom is -0.444 e. The van der Waals surface area contributed by atoms with Crippen LogP contribution in [0.2, 0.25) is 0 Å². The number of rotatable bonds is 4. The number of furan rings is 1. The van der Waals surface area contributed by atoms with Crippen molar-refractivity contribution < 1.29 is 9.21 Å². The molecule has 0 bridgehead atoms. The predicted octanol–water partition coefficient (Wildman–Crippen LogP) is 2.12. The Balaban J connectivity index is 1.59. The number of hydrogen-bond donors (Lipinski definition) is 1. The molecule has 6 nitrogen and oxygen atoms in total. The first kappa shape index (κ1) is 12.4. The first-order chi connectivity index (χ1) is 9.24. The lowest BCUT2D eigenvalue weighted by atomic mass is 10.3. The van der Waals surface area contributed by atoms with E-state index in [4.69, 9.17) is 4.42 Å². The average Bonchev–Trinajstić information content (AvgIpc) is 3.06. The predicted molar refractivity (Wildman–Crippen MR) is 73.3 cm³/mol. The molecule has 1 N–H and O–H groups in total. The Bertz CT molecular complexity index is 717. The smallest absolute Gasteiger partial charge is 0.287 e. The van der Waals surface area contributed by atoms with Crippen LogP contribution in [0.15, 0.2) is 32.9 Å². The van der Waals surface area contributed by atoms with Gasteiger partial charge in [-0.15, -0.1) is 21.5 Å². The highest BCUT2D eigenvalue weighted by molar-refractivity contribution is 9.10. The third-order valence-electron chi connectivity index (χ3n) is 2.59. The number of aromatic nitrogens is 3. The molecule has 0 saturated heterocycles. The van der Waals surface area contributed by atoms with Crippen molar-refractivity contribution in [2.45, 2.75) is 6.42 Å². The fourth-order valence-corrected chi connectivity index (χ4v) is 2.84. The Labute approximate surface area is 120 Å². The van der Waals surface area contributed by atoms with Crippen LogP contribution in [0, 0.1) is 0 Å². The molecule has 0 fully saturated rings. The lowest BCUT2D eigenvalue weighted by molar-refractivity contribution is 0.0925. The highest BCUT2D eigenvalue weighted by atomic mass is 79.9. The normalized spacial score (nSPS) is 11.0. The minimum atomic E-state index is -0.221. The monoisotopic (exact) mass is 340 g/mol. The van der Waals surface area contributed by atoms with Gasteiger partial charge < -0.3 is 9.73 Å². The van der Waals surface area contributed by atoms with Gasteiger partial charge in [0, 0.05) is 24.0 Å². The van der Waals surface area contributed by atoms with Crippen LogP contribution < -0.4 is 5.32 Å². The van der Waals surface area contributed by atoms with Gasteiger partial charge in [-0.25, -0.2) is 0 Å². The quantitative estimate of drug-likeness (QED) is 0.789. The van der Waals surface area contributed by atoms with Crippen LogP contribution in [0.1, 0.15) is 16.2 Å². The van der Waals surface area contributed by atoms with Gasteiger partial charge in [-0.05, 0) is 28.1 Å². The molecule has 3 aromatic rings. The summed E-state index contributed by atoms with van der Waals surface area (Å²) in [6.07, 6.45) is 2.39. The Morgan fingerprint density at radius 1 is 1.53 bits per heavy atom. The minimum absolute atomic E-state index is 0.221. The van der Waals surface area contributed by atoms with Crippen molar-refractivity contribution in [2.75, 3.05) is 6.54 Å². The summed E-state index contributed by atoms with van der Waals surface area (Å²) in [6, 6.07) is 3.32. The molecule has 8 heteroatoms. The lowest BCUT2D eigenvalue weighted by Gasteiger charge is -2.02. The van der Waals surface area contributed by atoms with E-state index in [1.165, 1.54) is 11.3 Å². The van der Waals surface area contributed by atoms with Crippen molar-refractivity contribution in [3.63, 3.8) is 0 Å². The van der Waals surface area contributed by atoms with Crippen LogP contribution in [0.4, 0.5) is 0 Å². The Kier molecular flexibility index (Phi) is 3.34. The van der Waals surface area contributed by atoms with Gasteiger partial charge in [-0.1, -0.05) is 0 Å². The van der Waals surface area contributed by atoms with E-state index in [0.29, 0.717) is 23.4 Å². The molecule has 0 spiro atoms. The second kappa shape index (κ2) is 5.14. The largest absolute Gasteiger partial charge is 0.444 e. The molecule has 0 unspecified atom stereocenters. The van der Waals surface area contributed by atoms with Crippen molar-refractivity contribution in [3.05, 3.63) is 40.0 Å². The topological polar surface area (TPSA) is 72.4 Å². The molecule has 3 aromatic heterocycles. The summed E-state index contributed by atoms with van der Waals surface area (Å²) >= 11 is 4.69. The van der Waals surface area contributed by atoms with Crippen LogP contribution in [0.5, 0.6) is 0 Å². The molecule has 0 aromatic carbocycles. The van der Waals surface area contributed by atoms with Gasteiger partial charge in [0.1, 0.15) is 6.33 Å². The number of amides is 1. The van der Waals surface area contributed by atoms with E-state index in [1.54, 1.807) is 18.5 Å². The maximum atomic E-state index is 11.7. The zero-order chi connectivity index (χ0) is 13.2. The average molecular weight is 341 g/mol. The first-order valence-corrected chi connectivity index (χ1v) is 7.21. The number of carbonyl (C=O) groups is 1. The summed E-state index contributed by atoms with van der Waals surface area (Å²) in [5.74, 6) is 0.0765. The fourth-order valence-electron chi connectivity index (χ4n) is 1.69. The fraction of sp³-hybridized carbons (Fsp3) is 0.182. The highest BCUT2D eigenvalue weighted by Crippen LogP contribution is 2.15. The molecule has 0 atom stereocenters. The lowest BCUT2D eigenvalue weighted by Crippen LogP contribution is -2.25. The molecule has 3 rings (SSSR count). The third kappa shape index (κ3) is 2.54. The van der Waals surface area contributed by atoms with Gasteiger partial charge in [-0.2, -0.15) is 0 Å². The van der Waals surface area contributed by atoms with Crippen molar-refractivity contribution in [1.29, 1.82) is 0 Å². The van der Waals surface area contributed by atoms with Crippen molar-refractivity contribution in [1.82, 2.24) is 19.9 Å². The summed E-state index contributed by atoms with van der Waals surface area (Å²) in [4.78, 5) is 12.6. The molecule has 0 aliphatic heterocycles. The molecule has 0 aliphatic carbocycles. The van der Waals surface area contributed by atoms with Gasteiger partial charge in [-0.3, -0.25) is 9.20 Å². The van der Waals surface area contributed by atoms with E-state index in [0.717, 1.165) is 10.7 Å². The Morgan fingerprint density at radius 3 is 3.21 bits per heavy atom. The van der Waals surface area contributed by atoms with Crippen LogP contribution in [0.3, 0.4) is 0 Å². The SMILES string of the molecule is O=C(NCCc1csc2nncn12)c1ccc(Br)o1. The molecule has 3 heterocycles. The zero-order valence-corrected chi connectivity index (χ0v) is 12.1. The molecular formula is C11H9BrN4O2S. The van der Waals surface area contributed by atoms with Crippen LogP contribution in [0.25, 0.3) is 4.96 Å². The molecule has 98 valence electrons. The summed E-state index contributed by atoms with van der Waals surface area (Å²) < 4.78 is 7.63. The van der Waals surface area contributed by atoms with E-state index >= 15 is 0 Å². The number of hydrogen-bond acceptors (Lipinski definition) is 5. The number of nitrogens with zero attached hydrogens (tertiary/aromatic N) is 3. The summed E-state index contributed by atoms with van der Waals surface area (Å²) in [6.45, 7) is 0.529. The van der Waals surface area contributed by atoms with E-state index in [2.05, 4.69) is 31.4 Å². The maximum absolute atomic E-state index is 11.7. The van der Waals surface area contributed by atoms with E-state index < -0.39 is 0 Å². The number of carbonyl (C=O) groups excluding carboxylic acids is 1. The Hall–Kier alpha value is -1.67. The summed E-state index contributed by atoms with van der Waals surface area (Å²) in [5, 5.41) is 12.6. The Morgan fingerprint density at radius 2 is 2.42 bits per heavy atom. The van der Waals surface area contributed by atoms with E-state index in [-0.39, 0.29) is 5.91 Å². The molecule has 19 heavy (non-hydrogen) atoms. The van der Waals surface area contributed by atoms with Crippen molar-refractivity contribution >= 4 is 38.1 Å². The summed E-state index contributed by atoms with van der Waals surface area (Å²) in [5.41, 5.74) is 1.07. The first-order valence-electron chi connectivity index (χ1n) is 5.53. The maximum Gasteiger partial charge on any atom is 0.287 e. The van der Waals surface area contributed by atoms with Crippen LogP contribution in [-0.4, -0.2) is 27.0 Å². The van der Waals surface area contributed by atoms with Crippen LogP contribution >= 0.6 is 27.3 Å². The third-order valence-corrected chi connectivity index (χ3v) is 3.90. The highest BCUT2D eigenvalue weighted by Gasteiger charge is 2.10. The van der Waals surface area contributed by atoms with Crippen LogP contribution in [-0.2, 0) is 6.42 Å². The van der Waals surface area contributed by atoms with E-state index in [9.17, 15) is 4.79 Å². The summed E-state index contributed by atoms with van der Waals surface area (Å²) in [7, 11) is 0. The zero-order valence-electron chi connectivity index (χ0n) is 9.67. The van der Waals surface area contributed by atoms with Gasteiger partial charge in [0.25, 0.3) is 5.91 Å².